The predicted octanol–water partition coefficient (Wildman–Crippen LogP) is 4.99. The predicted molar refractivity (Wildman–Crippen MR) is 126 cm³/mol. The molecule has 0 unspecified atom stereocenters. The van der Waals surface area contributed by atoms with Crippen molar-refractivity contribution in [2.75, 3.05) is 23.3 Å². The Morgan fingerprint density at radius 2 is 1.91 bits per heavy atom. The van der Waals surface area contributed by atoms with Gasteiger partial charge in [-0.25, -0.2) is 14.4 Å². The molecule has 0 aliphatic carbocycles. The van der Waals surface area contributed by atoms with Gasteiger partial charge in [0.1, 0.15) is 23.8 Å². The fourth-order valence-electron chi connectivity index (χ4n) is 3.71. The smallest absolute Gasteiger partial charge is 0.386 e. The molecule has 2 heterocycles. The highest BCUT2D eigenvalue weighted by Crippen LogP contribution is 2.35. The van der Waals surface area contributed by atoms with Gasteiger partial charge in [0.15, 0.2) is 0 Å². The van der Waals surface area contributed by atoms with E-state index in [2.05, 4.69) is 27.0 Å². The van der Waals surface area contributed by atoms with E-state index >= 15 is 0 Å². The van der Waals surface area contributed by atoms with Gasteiger partial charge in [0.05, 0.1) is 22.8 Å². The Balaban J connectivity index is 1.83. The van der Waals surface area contributed by atoms with Crippen molar-refractivity contribution < 1.29 is 22.7 Å². The quantitative estimate of drug-likeness (QED) is 0.339. The molecule has 1 fully saturated rings. The number of nitriles is 1. The van der Waals surface area contributed by atoms with Gasteiger partial charge in [0.2, 0.25) is 0 Å². The van der Waals surface area contributed by atoms with Crippen molar-refractivity contribution >= 4 is 24.6 Å². The number of hydrogen-bond donors (Lipinski definition) is 2. The molecule has 1 aliphatic rings. The molecule has 2 N–H and O–H groups in total. The van der Waals surface area contributed by atoms with Gasteiger partial charge < -0.3 is 15.3 Å². The maximum atomic E-state index is 14.5. The number of piperidine rings is 1. The van der Waals surface area contributed by atoms with Crippen LogP contribution in [0.3, 0.4) is 0 Å². The van der Waals surface area contributed by atoms with E-state index in [-0.39, 0.29) is 11.4 Å². The Bertz CT molecular complexity index is 1200. The molecule has 3 rings (SSSR count). The van der Waals surface area contributed by atoms with Crippen LogP contribution in [0.4, 0.5) is 29.1 Å². The molecule has 0 bridgehead atoms. The van der Waals surface area contributed by atoms with Gasteiger partial charge in [-0.15, -0.1) is 0 Å². The van der Waals surface area contributed by atoms with Crippen LogP contribution < -0.4 is 10.2 Å². The maximum Gasteiger partial charge on any atom is 0.417 e. The molecule has 0 radical (unpaired) electrons. The van der Waals surface area contributed by atoms with Crippen molar-refractivity contribution in [3.8, 4) is 6.07 Å². The number of aliphatic hydroxyl groups is 1. The summed E-state index contributed by atoms with van der Waals surface area (Å²) in [5, 5.41) is 22.0. The normalized spacial score (nSPS) is 14.7. The molecule has 1 aromatic carbocycles. The van der Waals surface area contributed by atoms with Gasteiger partial charge in [-0.3, -0.25) is 4.99 Å². The Morgan fingerprint density at radius 1 is 1.23 bits per heavy atom. The van der Waals surface area contributed by atoms with Crippen LogP contribution in [0.5, 0.6) is 0 Å². The minimum Gasteiger partial charge on any atom is -0.386 e. The number of nitrogens with one attached hydrogen (secondary N) is 1. The van der Waals surface area contributed by atoms with Crippen LogP contribution in [0.15, 0.2) is 51.8 Å². The van der Waals surface area contributed by atoms with E-state index in [1.54, 1.807) is 11.0 Å². The Kier molecular flexibility index (Phi) is 7.55. The summed E-state index contributed by atoms with van der Waals surface area (Å²) in [4.78, 5) is 13.8. The van der Waals surface area contributed by atoms with Crippen LogP contribution >= 0.6 is 0 Å². The van der Waals surface area contributed by atoms with E-state index in [1.165, 1.54) is 38.5 Å². The summed E-state index contributed by atoms with van der Waals surface area (Å²) in [6, 6.07) is 6.39. The topological polar surface area (TPSA) is 96.9 Å². The van der Waals surface area contributed by atoms with E-state index < -0.39 is 28.7 Å². The molecule has 0 atom stereocenters. The third-order valence-electron chi connectivity index (χ3n) is 5.52. The van der Waals surface area contributed by atoms with E-state index in [1.807, 2.05) is 0 Å². The number of aromatic nitrogens is 1. The Hall–Kier alpha value is -3.78. The van der Waals surface area contributed by atoms with Crippen molar-refractivity contribution in [2.45, 2.75) is 38.5 Å². The van der Waals surface area contributed by atoms with Crippen molar-refractivity contribution in [3.05, 3.63) is 64.4 Å². The van der Waals surface area contributed by atoms with E-state index in [0.29, 0.717) is 37.4 Å². The number of benzene rings is 1. The summed E-state index contributed by atoms with van der Waals surface area (Å²) in [6.45, 7) is 7.06. The summed E-state index contributed by atoms with van der Waals surface area (Å²) in [5.41, 5.74) is -1.53. The van der Waals surface area contributed by atoms with Gasteiger partial charge >= 0.3 is 6.18 Å². The summed E-state index contributed by atoms with van der Waals surface area (Å²) >= 11 is 0. The fraction of sp³-hybridized carbons (Fsp3) is 0.333. The maximum absolute atomic E-state index is 14.5. The molecule has 2 aromatic rings. The lowest BCUT2D eigenvalue weighted by molar-refractivity contribution is -0.137. The number of rotatable bonds is 6. The van der Waals surface area contributed by atoms with Crippen molar-refractivity contribution in [3.63, 3.8) is 0 Å². The first kappa shape index (κ1) is 25.8. The number of hydrogen-bond acceptors (Lipinski definition) is 6. The molecule has 0 amide bonds. The van der Waals surface area contributed by atoms with Crippen LogP contribution in [0, 0.1) is 17.1 Å². The zero-order chi connectivity index (χ0) is 25.8. The molecule has 184 valence electrons. The highest BCUT2D eigenvalue weighted by molar-refractivity contribution is 5.64. The van der Waals surface area contributed by atoms with Crippen LogP contribution in [0.2, 0.25) is 0 Å². The van der Waals surface area contributed by atoms with Gasteiger partial charge in [-0.2, -0.15) is 18.4 Å². The van der Waals surface area contributed by atoms with E-state index in [9.17, 15) is 22.7 Å². The lowest BCUT2D eigenvalue weighted by Gasteiger charge is -2.31. The second-order valence-corrected chi connectivity index (χ2v) is 8.44. The molecule has 7 nitrogen and oxygen atoms in total. The molecule has 35 heavy (non-hydrogen) atoms. The molecule has 0 saturated carbocycles. The molecule has 1 saturated heterocycles. The van der Waals surface area contributed by atoms with Gasteiger partial charge in [0.25, 0.3) is 0 Å². The Labute approximate surface area is 200 Å². The standard InChI is InChI=1S/C24H24F4N6O/c1-23(2,35)19-13-31-21(11-20(19)25)33-22(32-14-30-3)15-6-8-34(9-7-15)17-5-4-16(12-29)18(10-17)24(26,27)28/h4-5,10-11,13-14,35H,3,6-9H2,1-2H3,(H,31,33)/b32-14-. The summed E-state index contributed by atoms with van der Waals surface area (Å²) in [7, 11) is 0. The van der Waals surface area contributed by atoms with Crippen LogP contribution in [-0.4, -0.2) is 36.2 Å². The number of alkyl halides is 3. The lowest BCUT2D eigenvalue weighted by atomic mass is 10.00. The highest BCUT2D eigenvalue weighted by Gasteiger charge is 2.34. The van der Waals surface area contributed by atoms with Gasteiger partial charge in [-0.05, 0) is 57.2 Å². The van der Waals surface area contributed by atoms with Gasteiger partial charge in [-0.1, -0.05) is 0 Å². The second kappa shape index (κ2) is 10.2. The second-order valence-electron chi connectivity index (χ2n) is 8.44. The number of halogens is 4. The lowest BCUT2D eigenvalue weighted by Crippen LogP contribution is -2.31. The molecule has 11 heteroatoms. The zero-order valence-electron chi connectivity index (χ0n) is 19.2. The Morgan fingerprint density at radius 3 is 2.46 bits per heavy atom. The van der Waals surface area contributed by atoms with Gasteiger partial charge in [0, 0.05) is 36.6 Å². The summed E-state index contributed by atoms with van der Waals surface area (Å²) in [5.74, 6) is -0.0828. The molecule has 0 spiro atoms. The van der Waals surface area contributed by atoms with Crippen LogP contribution in [-0.2, 0) is 11.8 Å². The first-order valence-corrected chi connectivity index (χ1v) is 10.7. The van der Waals surface area contributed by atoms with E-state index in [4.69, 9.17) is 5.26 Å². The van der Waals surface area contributed by atoms with Crippen molar-refractivity contribution in [1.82, 2.24) is 4.98 Å². The van der Waals surface area contributed by atoms with E-state index in [0.717, 1.165) is 17.7 Å². The van der Waals surface area contributed by atoms with Crippen molar-refractivity contribution in [2.24, 2.45) is 9.98 Å². The average molecular weight is 488 g/mol. The molecule has 1 aliphatic heterocycles. The van der Waals surface area contributed by atoms with Crippen LogP contribution in [0.1, 0.15) is 43.4 Å². The monoisotopic (exact) mass is 488 g/mol. The summed E-state index contributed by atoms with van der Waals surface area (Å²) < 4.78 is 54.5. The fourth-order valence-corrected chi connectivity index (χ4v) is 3.71. The largest absolute Gasteiger partial charge is 0.417 e. The molecular formula is C24H24F4N6O. The zero-order valence-corrected chi connectivity index (χ0v) is 19.2. The van der Waals surface area contributed by atoms with Crippen molar-refractivity contribution in [1.29, 1.82) is 5.26 Å². The first-order valence-electron chi connectivity index (χ1n) is 10.7. The average Bonchev–Trinajstić information content (AvgIpc) is 2.80. The first-order chi connectivity index (χ1) is 16.4. The third-order valence-corrected chi connectivity index (χ3v) is 5.52. The summed E-state index contributed by atoms with van der Waals surface area (Å²) in [6.07, 6.45) is -1.25. The highest BCUT2D eigenvalue weighted by atomic mass is 19.4. The third kappa shape index (κ3) is 6.22. The number of anilines is 2. The number of nitrogens with zero attached hydrogens (tertiary/aromatic N) is 5. The number of aliphatic imine (C=N–C) groups is 2. The molecule has 1 aromatic heterocycles. The minimum atomic E-state index is -4.63. The minimum absolute atomic E-state index is 0.0439. The SMILES string of the molecule is C=N/C=N\C(Nc1cc(F)c(C(C)(C)O)cn1)=C1CCN(c2ccc(C#N)c(C(F)(F)F)c2)CC1. The molecular weight excluding hydrogens is 464 g/mol. The number of pyridine rings is 1. The van der Waals surface area contributed by atoms with Crippen LogP contribution in [0.25, 0.3) is 0 Å².